The van der Waals surface area contributed by atoms with Gasteiger partial charge in [-0.1, -0.05) is 12.1 Å². The van der Waals surface area contributed by atoms with Gasteiger partial charge in [0.15, 0.2) is 0 Å². The lowest BCUT2D eigenvalue weighted by atomic mass is 10.2. The smallest absolute Gasteiger partial charge is 0.106 e. The summed E-state index contributed by atoms with van der Waals surface area (Å²) in [5.41, 5.74) is 3.58. The number of aromatic nitrogens is 1. The zero-order chi connectivity index (χ0) is 14.4. The van der Waals surface area contributed by atoms with Crippen LogP contribution in [-0.2, 0) is 6.54 Å². The Morgan fingerprint density at radius 3 is 2.30 bits per heavy atom. The second-order valence-corrected chi connectivity index (χ2v) is 5.37. The largest absolute Gasteiger partial charge is 0.380 e. The van der Waals surface area contributed by atoms with Crippen molar-refractivity contribution in [2.24, 2.45) is 0 Å². The van der Waals surface area contributed by atoms with Crippen LogP contribution >= 0.6 is 15.9 Å². The quantitative estimate of drug-likeness (QED) is 0.798. The van der Waals surface area contributed by atoms with E-state index in [9.17, 15) is 0 Å². The molecule has 1 N–H and O–H groups in total. The molecule has 0 aliphatic carbocycles. The van der Waals surface area contributed by atoms with Crippen LogP contribution in [0.1, 0.15) is 19.4 Å². The highest BCUT2D eigenvalue weighted by Crippen LogP contribution is 2.16. The average molecular weight is 334 g/mol. The number of pyridine rings is 1. The van der Waals surface area contributed by atoms with Crippen LogP contribution in [0.5, 0.6) is 0 Å². The molecule has 0 unspecified atom stereocenters. The Bertz CT molecular complexity index is 518. The molecular formula is C16H20BrN3. The minimum Gasteiger partial charge on any atom is -0.380 e. The number of halogens is 1. The zero-order valence-corrected chi connectivity index (χ0v) is 13.5. The molecule has 1 aromatic heterocycles. The van der Waals surface area contributed by atoms with E-state index in [1.807, 2.05) is 18.3 Å². The standard InChI is InChI=1S/C16H20BrN3/c1-3-20(4-2)15-8-5-13(6-9-15)11-18-14-7-10-16(17)19-12-14/h5-10,12,18H,3-4,11H2,1-2H3. The third-order valence-corrected chi connectivity index (χ3v) is 3.76. The van der Waals surface area contributed by atoms with Crippen molar-refractivity contribution in [3.63, 3.8) is 0 Å². The predicted octanol–water partition coefficient (Wildman–Crippen LogP) is 4.30. The summed E-state index contributed by atoms with van der Waals surface area (Å²) in [6, 6.07) is 12.7. The SMILES string of the molecule is CCN(CC)c1ccc(CNc2ccc(Br)nc2)cc1. The van der Waals surface area contributed by atoms with Crippen molar-refractivity contribution in [1.82, 2.24) is 4.98 Å². The van der Waals surface area contributed by atoms with E-state index in [1.165, 1.54) is 11.3 Å². The monoisotopic (exact) mass is 333 g/mol. The Morgan fingerprint density at radius 1 is 1.05 bits per heavy atom. The molecule has 1 heterocycles. The lowest BCUT2D eigenvalue weighted by Gasteiger charge is -2.21. The minimum atomic E-state index is 0.807. The van der Waals surface area contributed by atoms with Crippen molar-refractivity contribution in [3.8, 4) is 0 Å². The maximum absolute atomic E-state index is 4.20. The second-order valence-electron chi connectivity index (χ2n) is 4.56. The van der Waals surface area contributed by atoms with Crippen LogP contribution < -0.4 is 10.2 Å². The molecule has 0 amide bonds. The molecule has 0 saturated heterocycles. The van der Waals surface area contributed by atoms with Gasteiger partial charge in [-0.3, -0.25) is 0 Å². The first-order valence-electron chi connectivity index (χ1n) is 6.92. The normalized spacial score (nSPS) is 10.3. The molecule has 0 aliphatic rings. The van der Waals surface area contributed by atoms with Gasteiger partial charge in [0.1, 0.15) is 4.60 Å². The maximum atomic E-state index is 4.20. The third-order valence-electron chi connectivity index (χ3n) is 3.29. The Hall–Kier alpha value is -1.55. The summed E-state index contributed by atoms with van der Waals surface area (Å²) in [6.07, 6.45) is 1.83. The summed E-state index contributed by atoms with van der Waals surface area (Å²) in [4.78, 5) is 6.54. The summed E-state index contributed by atoms with van der Waals surface area (Å²) >= 11 is 3.33. The van der Waals surface area contributed by atoms with Gasteiger partial charge < -0.3 is 10.2 Å². The number of benzene rings is 1. The number of rotatable bonds is 6. The van der Waals surface area contributed by atoms with Crippen molar-refractivity contribution < 1.29 is 0 Å². The number of nitrogens with one attached hydrogen (secondary N) is 1. The van der Waals surface area contributed by atoms with E-state index in [0.717, 1.165) is 29.9 Å². The van der Waals surface area contributed by atoms with Crippen molar-refractivity contribution in [1.29, 1.82) is 0 Å². The Morgan fingerprint density at radius 2 is 1.75 bits per heavy atom. The molecule has 0 fully saturated rings. The van der Waals surface area contributed by atoms with E-state index in [1.54, 1.807) is 0 Å². The number of hydrogen-bond donors (Lipinski definition) is 1. The molecule has 2 rings (SSSR count). The highest BCUT2D eigenvalue weighted by atomic mass is 79.9. The first kappa shape index (κ1) is 14.9. The molecule has 3 nitrogen and oxygen atoms in total. The predicted molar refractivity (Wildman–Crippen MR) is 89.3 cm³/mol. The van der Waals surface area contributed by atoms with Crippen LogP contribution in [0.15, 0.2) is 47.2 Å². The highest BCUT2D eigenvalue weighted by Gasteiger charge is 2.01. The molecule has 0 atom stereocenters. The lowest BCUT2D eigenvalue weighted by molar-refractivity contribution is 0.865. The van der Waals surface area contributed by atoms with Crippen molar-refractivity contribution >= 4 is 27.3 Å². The van der Waals surface area contributed by atoms with Crippen LogP contribution in [0.3, 0.4) is 0 Å². The first-order chi connectivity index (χ1) is 9.72. The van der Waals surface area contributed by atoms with Gasteiger partial charge in [0.2, 0.25) is 0 Å². The van der Waals surface area contributed by atoms with Crippen molar-refractivity contribution in [2.75, 3.05) is 23.3 Å². The topological polar surface area (TPSA) is 28.2 Å². The summed E-state index contributed by atoms with van der Waals surface area (Å²) in [5.74, 6) is 0. The van der Waals surface area contributed by atoms with Crippen LogP contribution in [-0.4, -0.2) is 18.1 Å². The van der Waals surface area contributed by atoms with E-state index in [4.69, 9.17) is 0 Å². The molecule has 4 heteroatoms. The Labute approximate surface area is 129 Å². The van der Waals surface area contributed by atoms with Gasteiger partial charge in [-0.05, 0) is 59.6 Å². The molecule has 2 aromatic rings. The Kier molecular flexibility index (Phi) is 5.41. The summed E-state index contributed by atoms with van der Waals surface area (Å²) in [7, 11) is 0. The van der Waals surface area contributed by atoms with Gasteiger partial charge in [0.05, 0.1) is 11.9 Å². The van der Waals surface area contributed by atoms with E-state index < -0.39 is 0 Å². The van der Waals surface area contributed by atoms with Gasteiger partial charge in [0, 0.05) is 25.3 Å². The molecule has 0 radical (unpaired) electrons. The second kappa shape index (κ2) is 7.29. The fraction of sp³-hybridized carbons (Fsp3) is 0.312. The molecule has 0 saturated carbocycles. The summed E-state index contributed by atoms with van der Waals surface area (Å²) < 4.78 is 0.853. The maximum Gasteiger partial charge on any atom is 0.106 e. The summed E-state index contributed by atoms with van der Waals surface area (Å²) in [5, 5.41) is 3.37. The molecule has 0 aliphatic heterocycles. The van der Waals surface area contributed by atoms with E-state index >= 15 is 0 Å². The van der Waals surface area contributed by atoms with Crippen molar-refractivity contribution in [2.45, 2.75) is 20.4 Å². The number of anilines is 2. The van der Waals surface area contributed by atoms with Crippen LogP contribution in [0, 0.1) is 0 Å². The average Bonchev–Trinajstić information content (AvgIpc) is 2.49. The van der Waals surface area contributed by atoms with Gasteiger partial charge in [-0.2, -0.15) is 0 Å². The van der Waals surface area contributed by atoms with E-state index in [2.05, 4.69) is 69.2 Å². The first-order valence-corrected chi connectivity index (χ1v) is 7.71. The summed E-state index contributed by atoms with van der Waals surface area (Å²) in [6.45, 7) is 7.25. The third kappa shape index (κ3) is 3.97. The van der Waals surface area contributed by atoms with Crippen molar-refractivity contribution in [3.05, 3.63) is 52.8 Å². The number of nitrogens with zero attached hydrogens (tertiary/aromatic N) is 2. The fourth-order valence-electron chi connectivity index (χ4n) is 2.10. The van der Waals surface area contributed by atoms with Gasteiger partial charge in [0.25, 0.3) is 0 Å². The minimum absolute atomic E-state index is 0.807. The van der Waals surface area contributed by atoms with Crippen LogP contribution in [0.4, 0.5) is 11.4 Å². The van der Waals surface area contributed by atoms with E-state index in [-0.39, 0.29) is 0 Å². The fourth-order valence-corrected chi connectivity index (χ4v) is 2.33. The van der Waals surface area contributed by atoms with Gasteiger partial charge >= 0.3 is 0 Å². The molecule has 20 heavy (non-hydrogen) atoms. The van der Waals surface area contributed by atoms with Gasteiger partial charge in [-0.15, -0.1) is 0 Å². The Balaban J connectivity index is 1.95. The lowest BCUT2D eigenvalue weighted by Crippen LogP contribution is -2.21. The molecule has 106 valence electrons. The van der Waals surface area contributed by atoms with E-state index in [0.29, 0.717) is 0 Å². The molecule has 0 bridgehead atoms. The van der Waals surface area contributed by atoms with Gasteiger partial charge in [-0.25, -0.2) is 4.98 Å². The zero-order valence-electron chi connectivity index (χ0n) is 11.9. The molecule has 0 spiro atoms. The molecular weight excluding hydrogens is 314 g/mol. The highest BCUT2D eigenvalue weighted by molar-refractivity contribution is 9.10. The van der Waals surface area contributed by atoms with Crippen LogP contribution in [0.2, 0.25) is 0 Å². The van der Waals surface area contributed by atoms with Crippen LogP contribution in [0.25, 0.3) is 0 Å². The molecule has 1 aromatic carbocycles. The number of hydrogen-bond acceptors (Lipinski definition) is 3.